The Morgan fingerprint density at radius 2 is 2.05 bits per heavy atom. The molecule has 8 heteroatoms. The molecule has 0 spiro atoms. The summed E-state index contributed by atoms with van der Waals surface area (Å²) in [7, 11) is 1.49. The van der Waals surface area contributed by atoms with Crippen molar-refractivity contribution in [2.45, 2.75) is 6.92 Å². The molecule has 1 fully saturated rings. The lowest BCUT2D eigenvalue weighted by Gasteiger charge is -2.27. The van der Waals surface area contributed by atoms with Crippen LogP contribution < -0.4 is 20.3 Å². The molecule has 0 atom stereocenters. The third kappa shape index (κ3) is 2.72. The summed E-state index contributed by atoms with van der Waals surface area (Å²) in [5.74, 6) is 0.667. The molecule has 0 aromatic carbocycles. The number of carbonyl (C=O) groups is 2. The van der Waals surface area contributed by atoms with Gasteiger partial charge >= 0.3 is 0 Å². The number of piperazine rings is 1. The second-order valence-electron chi connectivity index (χ2n) is 3.94. The number of ether oxygens (including phenoxy) is 1. The van der Waals surface area contributed by atoms with Gasteiger partial charge in [-0.05, 0) is 6.92 Å². The quantitative estimate of drug-likeness (QED) is 0.700. The van der Waals surface area contributed by atoms with E-state index in [4.69, 9.17) is 4.74 Å². The molecular weight excluding hydrogens is 250 g/mol. The highest BCUT2D eigenvalue weighted by Crippen LogP contribution is 2.31. The van der Waals surface area contributed by atoms with Gasteiger partial charge in [0.15, 0.2) is 11.6 Å². The number of anilines is 2. The molecule has 102 valence electrons. The Kier molecular flexibility index (Phi) is 3.79. The number of hydrogen-bond acceptors (Lipinski definition) is 7. The molecule has 0 saturated carbocycles. The molecule has 1 aliphatic rings. The van der Waals surface area contributed by atoms with Crippen LogP contribution in [0.2, 0.25) is 0 Å². The van der Waals surface area contributed by atoms with E-state index in [2.05, 4.69) is 20.6 Å². The third-order valence-corrected chi connectivity index (χ3v) is 2.58. The molecule has 0 unspecified atom stereocenters. The highest BCUT2D eigenvalue weighted by molar-refractivity contribution is 6.02. The summed E-state index contributed by atoms with van der Waals surface area (Å²) < 4.78 is 5.28. The Hall–Kier alpha value is -2.38. The highest BCUT2D eigenvalue weighted by atomic mass is 16.5. The average molecular weight is 265 g/mol. The van der Waals surface area contributed by atoms with Crippen LogP contribution >= 0.6 is 0 Å². The number of aromatic nitrogens is 2. The first kappa shape index (κ1) is 13.1. The average Bonchev–Trinajstić information content (AvgIpc) is 2.37. The molecule has 0 radical (unpaired) electrons. The number of carbonyl (C=O) groups excluding carboxylic acids is 2. The van der Waals surface area contributed by atoms with E-state index in [1.807, 2.05) is 6.92 Å². The Balaban J connectivity index is 2.35. The number of imide groups is 1. The maximum atomic E-state index is 11.4. The van der Waals surface area contributed by atoms with Crippen molar-refractivity contribution in [2.24, 2.45) is 0 Å². The Morgan fingerprint density at radius 1 is 1.37 bits per heavy atom. The first-order valence-electron chi connectivity index (χ1n) is 5.86. The van der Waals surface area contributed by atoms with Crippen molar-refractivity contribution in [1.82, 2.24) is 15.3 Å². The van der Waals surface area contributed by atoms with Crippen molar-refractivity contribution in [2.75, 3.05) is 37.0 Å². The normalized spacial score (nSPS) is 15.2. The Bertz CT molecular complexity index is 489. The zero-order valence-electron chi connectivity index (χ0n) is 10.8. The minimum atomic E-state index is -0.359. The lowest BCUT2D eigenvalue weighted by molar-refractivity contribution is -0.130. The molecule has 1 aliphatic heterocycles. The fourth-order valence-corrected chi connectivity index (χ4v) is 1.86. The monoisotopic (exact) mass is 265 g/mol. The molecule has 2 heterocycles. The maximum Gasteiger partial charge on any atom is 0.246 e. The van der Waals surface area contributed by atoms with E-state index < -0.39 is 0 Å². The predicted molar refractivity (Wildman–Crippen MR) is 68.1 cm³/mol. The van der Waals surface area contributed by atoms with Gasteiger partial charge in [0.05, 0.1) is 20.2 Å². The molecule has 2 N–H and O–H groups in total. The first-order chi connectivity index (χ1) is 9.15. The lowest BCUT2D eigenvalue weighted by atomic mass is 10.3. The van der Waals surface area contributed by atoms with Crippen molar-refractivity contribution < 1.29 is 14.3 Å². The number of amides is 2. The lowest BCUT2D eigenvalue weighted by Crippen LogP contribution is -2.51. The number of nitrogens with one attached hydrogen (secondary N) is 2. The van der Waals surface area contributed by atoms with Crippen molar-refractivity contribution in [3.05, 3.63) is 6.33 Å². The summed E-state index contributed by atoms with van der Waals surface area (Å²) in [6, 6.07) is 0. The van der Waals surface area contributed by atoms with Gasteiger partial charge in [-0.25, -0.2) is 9.97 Å². The summed E-state index contributed by atoms with van der Waals surface area (Å²) in [6.07, 6.45) is 1.37. The van der Waals surface area contributed by atoms with Gasteiger partial charge in [-0.15, -0.1) is 0 Å². The number of hydrogen-bond donors (Lipinski definition) is 2. The van der Waals surface area contributed by atoms with E-state index in [0.717, 1.165) is 0 Å². The van der Waals surface area contributed by atoms with Crippen LogP contribution in [0.15, 0.2) is 6.33 Å². The summed E-state index contributed by atoms with van der Waals surface area (Å²) >= 11 is 0. The van der Waals surface area contributed by atoms with E-state index in [1.165, 1.54) is 13.4 Å². The van der Waals surface area contributed by atoms with Crippen LogP contribution in [-0.2, 0) is 9.59 Å². The molecule has 1 aromatic heterocycles. The van der Waals surface area contributed by atoms with Crippen LogP contribution in [0.25, 0.3) is 0 Å². The van der Waals surface area contributed by atoms with Crippen LogP contribution in [0.5, 0.6) is 5.75 Å². The summed E-state index contributed by atoms with van der Waals surface area (Å²) in [5, 5.41) is 5.28. The van der Waals surface area contributed by atoms with Gasteiger partial charge < -0.3 is 15.0 Å². The van der Waals surface area contributed by atoms with Crippen molar-refractivity contribution in [1.29, 1.82) is 0 Å². The smallest absolute Gasteiger partial charge is 0.246 e. The Morgan fingerprint density at radius 3 is 2.63 bits per heavy atom. The van der Waals surface area contributed by atoms with Crippen molar-refractivity contribution in [3.63, 3.8) is 0 Å². The zero-order valence-corrected chi connectivity index (χ0v) is 10.8. The molecule has 1 aromatic rings. The summed E-state index contributed by atoms with van der Waals surface area (Å²) in [6.45, 7) is 2.72. The predicted octanol–water partition coefficient (Wildman–Crippen LogP) is -0.620. The fraction of sp³-hybridized carbons (Fsp3) is 0.455. The second-order valence-corrected chi connectivity index (χ2v) is 3.94. The summed E-state index contributed by atoms with van der Waals surface area (Å²) in [5.41, 5.74) is 0. The molecule has 0 bridgehead atoms. The summed E-state index contributed by atoms with van der Waals surface area (Å²) in [4.78, 5) is 32.5. The SMILES string of the molecule is CCNc1ncnc(N2CC(=O)NC(=O)C2)c1OC. The zero-order chi connectivity index (χ0) is 13.8. The van der Waals surface area contributed by atoms with E-state index >= 15 is 0 Å². The van der Waals surface area contributed by atoms with Gasteiger partial charge in [0.25, 0.3) is 0 Å². The molecular formula is C11H15N5O3. The second kappa shape index (κ2) is 5.51. The fourth-order valence-electron chi connectivity index (χ4n) is 1.86. The van der Waals surface area contributed by atoms with E-state index in [0.29, 0.717) is 23.9 Å². The number of nitrogens with zero attached hydrogens (tertiary/aromatic N) is 3. The molecule has 0 aliphatic carbocycles. The van der Waals surface area contributed by atoms with E-state index in [1.54, 1.807) is 4.90 Å². The largest absolute Gasteiger partial charge is 0.490 e. The maximum absolute atomic E-state index is 11.4. The van der Waals surface area contributed by atoms with Crippen LogP contribution in [0.3, 0.4) is 0 Å². The molecule has 2 amide bonds. The van der Waals surface area contributed by atoms with E-state index in [-0.39, 0.29) is 24.9 Å². The van der Waals surface area contributed by atoms with Gasteiger partial charge in [0.1, 0.15) is 6.33 Å². The number of rotatable bonds is 4. The van der Waals surface area contributed by atoms with Gasteiger partial charge in [-0.1, -0.05) is 0 Å². The molecule has 1 saturated heterocycles. The third-order valence-electron chi connectivity index (χ3n) is 2.58. The van der Waals surface area contributed by atoms with Gasteiger partial charge in [-0.2, -0.15) is 0 Å². The molecule has 19 heavy (non-hydrogen) atoms. The topological polar surface area (TPSA) is 96.5 Å². The number of methoxy groups -OCH3 is 1. The van der Waals surface area contributed by atoms with Crippen LogP contribution in [0.1, 0.15) is 6.92 Å². The first-order valence-corrected chi connectivity index (χ1v) is 5.86. The molecule has 2 rings (SSSR count). The van der Waals surface area contributed by atoms with Gasteiger partial charge in [0, 0.05) is 6.54 Å². The molecule has 8 nitrogen and oxygen atoms in total. The van der Waals surface area contributed by atoms with Crippen LogP contribution in [0.4, 0.5) is 11.6 Å². The van der Waals surface area contributed by atoms with Crippen molar-refractivity contribution >= 4 is 23.5 Å². The minimum Gasteiger partial charge on any atom is -0.490 e. The van der Waals surface area contributed by atoms with Gasteiger partial charge in [-0.3, -0.25) is 14.9 Å². The highest BCUT2D eigenvalue weighted by Gasteiger charge is 2.27. The van der Waals surface area contributed by atoms with Gasteiger partial charge in [0.2, 0.25) is 17.6 Å². The Labute approximate surface area is 110 Å². The standard InChI is InChI=1S/C11H15N5O3/c1-3-12-10-9(19-2)11(14-6-13-10)16-4-7(17)15-8(18)5-16/h6H,3-5H2,1-2H3,(H,12,13,14)(H,15,17,18). The van der Waals surface area contributed by atoms with Crippen molar-refractivity contribution in [3.8, 4) is 5.75 Å². The minimum absolute atomic E-state index is 0.0602. The van der Waals surface area contributed by atoms with Crippen LogP contribution in [0, 0.1) is 0 Å². The van der Waals surface area contributed by atoms with Crippen LogP contribution in [-0.4, -0.2) is 48.5 Å². The van der Waals surface area contributed by atoms with E-state index in [9.17, 15) is 9.59 Å².